The molecule has 1 saturated heterocycles. The summed E-state index contributed by atoms with van der Waals surface area (Å²) in [6.07, 6.45) is 2.03. The summed E-state index contributed by atoms with van der Waals surface area (Å²) in [7, 11) is -3.33. The van der Waals surface area contributed by atoms with Crippen LogP contribution in [0.3, 0.4) is 0 Å². The molecule has 1 aliphatic rings. The summed E-state index contributed by atoms with van der Waals surface area (Å²) < 4.78 is 27.8. The van der Waals surface area contributed by atoms with Crippen LogP contribution in [0.4, 0.5) is 0 Å². The Bertz CT molecular complexity index is 580. The van der Waals surface area contributed by atoms with E-state index >= 15 is 0 Å². The van der Waals surface area contributed by atoms with Gasteiger partial charge >= 0.3 is 0 Å². The van der Waals surface area contributed by atoms with E-state index in [1.807, 2.05) is 19.9 Å². The summed E-state index contributed by atoms with van der Waals surface area (Å²) in [4.78, 5) is 1.13. The Hall–Kier alpha value is -0.430. The lowest BCUT2D eigenvalue weighted by Crippen LogP contribution is -2.33. The van der Waals surface area contributed by atoms with Crippen LogP contribution in [0.1, 0.15) is 44.1 Å². The third-order valence-corrected chi connectivity index (χ3v) is 7.67. The third kappa shape index (κ3) is 3.67. The molecule has 1 aromatic heterocycles. The average molecular weight is 331 g/mol. The fourth-order valence-corrected chi connectivity index (χ4v) is 6.33. The predicted molar refractivity (Wildman–Crippen MR) is 88.2 cm³/mol. The number of sulfonamides is 1. The lowest BCUT2D eigenvalue weighted by atomic mass is 10.1. The normalized spacial score (nSPS) is 23.8. The molecule has 0 saturated carbocycles. The van der Waals surface area contributed by atoms with Gasteiger partial charge in [0.1, 0.15) is 4.21 Å². The van der Waals surface area contributed by atoms with E-state index in [-0.39, 0.29) is 6.04 Å². The van der Waals surface area contributed by atoms with Crippen molar-refractivity contribution >= 4 is 21.4 Å². The van der Waals surface area contributed by atoms with Crippen molar-refractivity contribution in [3.05, 3.63) is 16.5 Å². The summed E-state index contributed by atoms with van der Waals surface area (Å²) in [5.74, 6) is 0.446. The molecule has 2 rings (SSSR count). The molecular weight excluding hydrogens is 304 g/mol. The molecule has 21 heavy (non-hydrogen) atoms. The van der Waals surface area contributed by atoms with E-state index in [0.29, 0.717) is 16.7 Å². The Kier molecular flexibility index (Phi) is 5.46. The van der Waals surface area contributed by atoms with Gasteiger partial charge in [0, 0.05) is 24.0 Å². The average Bonchev–Trinajstić information content (AvgIpc) is 2.94. The van der Waals surface area contributed by atoms with E-state index in [2.05, 4.69) is 19.2 Å². The predicted octanol–water partition coefficient (Wildman–Crippen LogP) is 2.98. The zero-order chi connectivity index (χ0) is 15.6. The van der Waals surface area contributed by atoms with Crippen molar-refractivity contribution in [2.45, 2.75) is 57.3 Å². The van der Waals surface area contributed by atoms with Gasteiger partial charge in [0.25, 0.3) is 10.0 Å². The zero-order valence-corrected chi connectivity index (χ0v) is 15.0. The van der Waals surface area contributed by atoms with Crippen molar-refractivity contribution in [2.24, 2.45) is 5.92 Å². The fraction of sp³-hybridized carbons (Fsp3) is 0.733. The van der Waals surface area contributed by atoms with E-state index < -0.39 is 10.0 Å². The van der Waals surface area contributed by atoms with Crippen LogP contribution in [0, 0.1) is 12.8 Å². The molecule has 1 fully saturated rings. The highest BCUT2D eigenvalue weighted by Crippen LogP contribution is 2.33. The standard InChI is InChI=1S/C15H26N2O2S2/c1-5-6-16-9-14-12(3)8-15(20-14)21(18,19)17-10-11(2)7-13(17)4/h8,11,13,16H,5-7,9-10H2,1-4H3. The molecule has 2 unspecified atom stereocenters. The smallest absolute Gasteiger partial charge is 0.252 e. The Balaban J connectivity index is 2.19. The van der Waals surface area contributed by atoms with Crippen LogP contribution in [-0.2, 0) is 16.6 Å². The number of nitrogens with one attached hydrogen (secondary N) is 1. The number of rotatable bonds is 6. The Morgan fingerprint density at radius 3 is 2.71 bits per heavy atom. The van der Waals surface area contributed by atoms with Gasteiger partial charge in [-0.25, -0.2) is 8.42 Å². The highest BCUT2D eigenvalue weighted by Gasteiger charge is 2.37. The highest BCUT2D eigenvalue weighted by molar-refractivity contribution is 7.91. The monoisotopic (exact) mass is 330 g/mol. The molecule has 1 N–H and O–H groups in total. The number of nitrogens with zero attached hydrogens (tertiary/aromatic N) is 1. The third-order valence-electron chi connectivity index (χ3n) is 4.00. The summed E-state index contributed by atoms with van der Waals surface area (Å²) >= 11 is 1.41. The molecule has 6 heteroatoms. The quantitative estimate of drug-likeness (QED) is 0.816. The minimum Gasteiger partial charge on any atom is -0.312 e. The van der Waals surface area contributed by atoms with E-state index in [9.17, 15) is 8.42 Å². The van der Waals surface area contributed by atoms with Crippen molar-refractivity contribution in [3.63, 3.8) is 0 Å². The summed E-state index contributed by atoms with van der Waals surface area (Å²) in [6.45, 7) is 10.6. The SMILES string of the molecule is CCCNCc1sc(S(=O)(=O)N2CC(C)CC2C)cc1C. The van der Waals surface area contributed by atoms with Crippen molar-refractivity contribution in [3.8, 4) is 0 Å². The van der Waals surface area contributed by atoms with Gasteiger partial charge in [-0.3, -0.25) is 0 Å². The van der Waals surface area contributed by atoms with Crippen molar-refractivity contribution in [1.82, 2.24) is 9.62 Å². The van der Waals surface area contributed by atoms with Gasteiger partial charge in [-0.15, -0.1) is 11.3 Å². The minimum atomic E-state index is -3.33. The molecule has 0 aliphatic carbocycles. The number of thiophene rings is 1. The minimum absolute atomic E-state index is 0.106. The maximum absolute atomic E-state index is 12.8. The maximum atomic E-state index is 12.8. The molecule has 2 atom stereocenters. The second-order valence-electron chi connectivity index (χ2n) is 6.11. The van der Waals surface area contributed by atoms with Crippen molar-refractivity contribution < 1.29 is 8.42 Å². The molecule has 1 aromatic rings. The summed E-state index contributed by atoms with van der Waals surface area (Å²) in [6, 6.07) is 1.94. The van der Waals surface area contributed by atoms with Gasteiger partial charge in [0.05, 0.1) is 0 Å². The molecule has 0 radical (unpaired) electrons. The Morgan fingerprint density at radius 1 is 1.43 bits per heavy atom. The van der Waals surface area contributed by atoms with Crippen LogP contribution < -0.4 is 5.32 Å². The Labute approximate surface area is 132 Å². The number of hydrogen-bond donors (Lipinski definition) is 1. The van der Waals surface area contributed by atoms with Crippen LogP contribution >= 0.6 is 11.3 Å². The van der Waals surface area contributed by atoms with Crippen LogP contribution in [-0.4, -0.2) is 31.9 Å². The first-order valence-electron chi connectivity index (χ1n) is 7.68. The second-order valence-corrected chi connectivity index (χ2v) is 9.37. The topological polar surface area (TPSA) is 49.4 Å². The van der Waals surface area contributed by atoms with Gasteiger partial charge in [0.2, 0.25) is 0 Å². The molecule has 0 aromatic carbocycles. The van der Waals surface area contributed by atoms with Gasteiger partial charge in [0.15, 0.2) is 0 Å². The first-order chi connectivity index (χ1) is 9.86. The molecule has 0 amide bonds. The molecule has 120 valence electrons. The largest absolute Gasteiger partial charge is 0.312 e. The van der Waals surface area contributed by atoms with E-state index in [1.165, 1.54) is 11.3 Å². The van der Waals surface area contributed by atoms with Crippen molar-refractivity contribution in [1.29, 1.82) is 0 Å². The van der Waals surface area contributed by atoms with Gasteiger partial charge in [-0.1, -0.05) is 13.8 Å². The maximum Gasteiger partial charge on any atom is 0.252 e. The second kappa shape index (κ2) is 6.77. The van der Waals surface area contributed by atoms with Gasteiger partial charge in [-0.2, -0.15) is 4.31 Å². The summed E-state index contributed by atoms with van der Waals surface area (Å²) in [5.41, 5.74) is 1.07. The van der Waals surface area contributed by atoms with Crippen molar-refractivity contribution in [2.75, 3.05) is 13.1 Å². The molecule has 0 spiro atoms. The van der Waals surface area contributed by atoms with Crippen LogP contribution in [0.2, 0.25) is 0 Å². The summed E-state index contributed by atoms with van der Waals surface area (Å²) in [5, 5.41) is 3.34. The molecule has 2 heterocycles. The molecule has 1 aliphatic heterocycles. The highest BCUT2D eigenvalue weighted by atomic mass is 32.2. The first kappa shape index (κ1) is 16.9. The number of hydrogen-bond acceptors (Lipinski definition) is 4. The first-order valence-corrected chi connectivity index (χ1v) is 9.93. The molecular formula is C15H26N2O2S2. The molecule has 0 bridgehead atoms. The van der Waals surface area contributed by atoms with Gasteiger partial charge in [-0.05, 0) is 50.8 Å². The zero-order valence-electron chi connectivity index (χ0n) is 13.3. The lowest BCUT2D eigenvalue weighted by molar-refractivity contribution is 0.407. The number of aryl methyl sites for hydroxylation is 1. The van der Waals surface area contributed by atoms with E-state index in [0.717, 1.165) is 36.4 Å². The van der Waals surface area contributed by atoms with E-state index in [1.54, 1.807) is 4.31 Å². The molecule has 4 nitrogen and oxygen atoms in total. The van der Waals surface area contributed by atoms with E-state index in [4.69, 9.17) is 0 Å². The van der Waals surface area contributed by atoms with Gasteiger partial charge < -0.3 is 5.32 Å². The van der Waals surface area contributed by atoms with Crippen LogP contribution in [0.5, 0.6) is 0 Å². The van der Waals surface area contributed by atoms with Crippen LogP contribution in [0.15, 0.2) is 10.3 Å². The lowest BCUT2D eigenvalue weighted by Gasteiger charge is -2.19. The van der Waals surface area contributed by atoms with Crippen LogP contribution in [0.25, 0.3) is 0 Å². The fourth-order valence-electron chi connectivity index (χ4n) is 2.88. The Morgan fingerprint density at radius 2 is 2.14 bits per heavy atom.